The zero-order valence-electron chi connectivity index (χ0n) is 50.5. The van der Waals surface area contributed by atoms with E-state index in [1.165, 1.54) is 69.6 Å². The number of amides is 2. The number of carbonyl (C=O) groups is 2. The Morgan fingerprint density at radius 3 is 1.81 bits per heavy atom. The van der Waals surface area contributed by atoms with E-state index < -0.39 is 51.8 Å². The average molecular weight is 1210 g/mol. The molecule has 84 heavy (non-hydrogen) atoms. The third-order valence-electron chi connectivity index (χ3n) is 15.9. The van der Waals surface area contributed by atoms with Gasteiger partial charge >= 0.3 is 0 Å². The Hall–Kier alpha value is -6.28. The molecule has 17 nitrogen and oxygen atoms in total. The lowest BCUT2D eigenvalue weighted by Crippen LogP contribution is -3.11. The van der Waals surface area contributed by atoms with Crippen LogP contribution < -0.4 is 24.9 Å². The maximum Gasteiger partial charge on any atom is 0.229 e. The monoisotopic (exact) mass is 1210 g/mol. The Morgan fingerprint density at radius 1 is 0.643 bits per heavy atom. The van der Waals surface area contributed by atoms with E-state index in [2.05, 4.69) is 63.6 Å². The van der Waals surface area contributed by atoms with Crippen molar-refractivity contribution in [2.24, 2.45) is 0 Å². The molecule has 0 spiro atoms. The Labute approximate surface area is 500 Å². The highest BCUT2D eigenvalue weighted by Gasteiger charge is 2.45. The summed E-state index contributed by atoms with van der Waals surface area (Å²) in [5.74, 6) is 5.50. The lowest BCUT2D eigenvalue weighted by atomic mass is 9.81. The molecule has 3 heterocycles. The number of anilines is 2. The minimum atomic E-state index is -4.77. The van der Waals surface area contributed by atoms with Crippen molar-refractivity contribution in [1.29, 1.82) is 0 Å². The number of unbranched alkanes of at least 4 members (excludes halogenated alkanes) is 2. The maximum atomic E-state index is 13.6. The van der Waals surface area contributed by atoms with Gasteiger partial charge in [-0.05, 0) is 134 Å². The molecule has 7 rings (SSSR count). The molecular weight excluding hydrogens is 1120 g/mol. The van der Waals surface area contributed by atoms with Crippen LogP contribution >= 0.6 is 0 Å². The van der Waals surface area contributed by atoms with Crippen molar-refractivity contribution >= 4 is 64.9 Å². The molecule has 4 aromatic rings. The van der Waals surface area contributed by atoms with Gasteiger partial charge in [-0.3, -0.25) is 9.59 Å². The molecule has 0 aromatic heterocycles. The van der Waals surface area contributed by atoms with Gasteiger partial charge in [0.15, 0.2) is 5.71 Å². The van der Waals surface area contributed by atoms with E-state index in [1.807, 2.05) is 86.9 Å². The molecule has 2 amide bonds. The van der Waals surface area contributed by atoms with Crippen molar-refractivity contribution in [1.82, 2.24) is 5.32 Å². The second kappa shape index (κ2) is 30.7. The van der Waals surface area contributed by atoms with Crippen LogP contribution in [0.4, 0.5) is 17.1 Å². The minimum Gasteiger partial charge on any atom is -0.748 e. The quantitative estimate of drug-likeness (QED) is 0.0225. The first-order valence-corrected chi connectivity index (χ1v) is 33.6. The van der Waals surface area contributed by atoms with Gasteiger partial charge in [-0.25, -0.2) is 25.3 Å². The molecule has 0 saturated heterocycles. The lowest BCUT2D eigenvalue weighted by Gasteiger charge is -2.27. The molecule has 456 valence electrons. The number of carbonyl (C=O) groups excluding carboxylic acids is 2. The van der Waals surface area contributed by atoms with Crippen LogP contribution in [0.2, 0.25) is 0 Å². The Balaban J connectivity index is 0.000000819. The van der Waals surface area contributed by atoms with Gasteiger partial charge < -0.3 is 38.6 Å². The molecule has 0 atom stereocenters. The van der Waals surface area contributed by atoms with E-state index in [-0.39, 0.29) is 49.1 Å². The van der Waals surface area contributed by atoms with Crippen LogP contribution in [-0.2, 0) is 57.3 Å². The largest absolute Gasteiger partial charge is 0.748 e. The van der Waals surface area contributed by atoms with E-state index >= 15 is 0 Å². The fourth-order valence-electron chi connectivity index (χ4n) is 10.8. The molecule has 20 heteroatoms. The van der Waals surface area contributed by atoms with Gasteiger partial charge in [0.2, 0.25) is 17.5 Å². The summed E-state index contributed by atoms with van der Waals surface area (Å²) in [6, 6.07) is 23.6. The molecule has 0 unspecified atom stereocenters. The summed E-state index contributed by atoms with van der Waals surface area (Å²) in [7, 11) is -14.0. The number of rotatable bonds is 24. The number of nitrogens with zero attached hydrogens (tertiary/aromatic N) is 3. The number of benzene rings is 4. The number of quaternary nitrogens is 2. The van der Waals surface area contributed by atoms with Gasteiger partial charge in [-0.15, -0.1) is 0 Å². The average Bonchev–Trinajstić information content (AvgIpc) is 2.09. The summed E-state index contributed by atoms with van der Waals surface area (Å²) < 4.78 is 108. The van der Waals surface area contributed by atoms with Gasteiger partial charge in [0.05, 0.1) is 76.8 Å². The first kappa shape index (κ1) is 68.5. The first-order chi connectivity index (χ1) is 39.7. The van der Waals surface area contributed by atoms with Crippen molar-refractivity contribution in [3.05, 3.63) is 149 Å². The summed E-state index contributed by atoms with van der Waals surface area (Å²) in [5.41, 5.74) is 5.71. The number of hydrogen-bond donors (Lipinski definition) is 3. The van der Waals surface area contributed by atoms with Gasteiger partial charge in [0.1, 0.15) is 26.8 Å². The molecule has 3 aliphatic heterocycles. The molecule has 0 aliphatic carbocycles. The van der Waals surface area contributed by atoms with Gasteiger partial charge in [0.25, 0.3) is 0 Å². The summed E-state index contributed by atoms with van der Waals surface area (Å²) in [4.78, 5) is 33.0. The van der Waals surface area contributed by atoms with Crippen molar-refractivity contribution < 1.29 is 62.9 Å². The van der Waals surface area contributed by atoms with Crippen LogP contribution in [0.3, 0.4) is 0 Å². The second-order valence-corrected chi connectivity index (χ2v) is 26.3. The van der Waals surface area contributed by atoms with E-state index in [1.54, 1.807) is 45.1 Å². The van der Waals surface area contributed by atoms with Crippen LogP contribution in [0, 0.1) is 11.8 Å². The third-order valence-corrected chi connectivity index (χ3v) is 18.4. The molecule has 4 aromatic carbocycles. The first-order valence-electron chi connectivity index (χ1n) is 29.2. The summed E-state index contributed by atoms with van der Waals surface area (Å²) in [6.07, 6.45) is 11.3. The summed E-state index contributed by atoms with van der Waals surface area (Å²) >= 11 is 0. The Morgan fingerprint density at radius 2 is 1.21 bits per heavy atom. The second-order valence-electron chi connectivity index (χ2n) is 22.1. The maximum absolute atomic E-state index is 13.6. The number of allylic oxidation sites excluding steroid dienone is 6. The predicted octanol–water partition coefficient (Wildman–Crippen LogP) is 6.48. The zero-order chi connectivity index (χ0) is 62.0. The third kappa shape index (κ3) is 18.4. The zero-order valence-corrected chi connectivity index (χ0v) is 53.0. The topological polar surface area (TPSA) is 236 Å². The standard InChI is InChI=1S/C52H56N4O11S3.2C6H15N/c1-51(2)42-34-40(69(62,63)64)25-27-45(42)54(31-14-6-9-22-49(57)53-30-29-50(58)56-36-39-18-11-10-16-37(39)23-24-38-17-12-13-19-44(38)56)47(51)20-7-5-8-21-48-52(3,4)43-35-41(70(65,66)67)26-28-46(43)55(48)32-15-33-68(59,60)61;2*1-4-7(5-2)6-3/h5,7-8,10-13,16-21,25-28,34-35H,6,9,14-15,22,29-33,36H2,1-4H3,(H3-,53,57,59,60,61,62,63,64,65,66,67);2*4-6H2,1-3H3. The van der Waals surface area contributed by atoms with Crippen molar-refractivity contribution in [3.8, 4) is 11.8 Å². The molecule has 3 N–H and O–H groups in total. The number of nitrogens with one attached hydrogen (secondary N) is 3. The van der Waals surface area contributed by atoms with Gasteiger partial charge in [-0.1, -0.05) is 80.7 Å². The molecule has 0 bridgehead atoms. The predicted molar refractivity (Wildman–Crippen MR) is 329 cm³/mol. The molecule has 0 fully saturated rings. The Bertz CT molecular complexity index is 3470. The summed E-state index contributed by atoms with van der Waals surface area (Å²) in [5, 5.41) is 2.90. The smallest absolute Gasteiger partial charge is 0.229 e. The number of para-hydroxylation sites is 1. The van der Waals surface area contributed by atoms with Crippen LogP contribution in [0.5, 0.6) is 0 Å². The fraction of sp³-hybridized carbons (Fsp3) is 0.453. The molecule has 0 radical (unpaired) electrons. The normalized spacial score (nSPS) is 15.6. The van der Waals surface area contributed by atoms with Crippen LogP contribution in [0.1, 0.15) is 136 Å². The van der Waals surface area contributed by atoms with E-state index in [9.17, 15) is 48.5 Å². The van der Waals surface area contributed by atoms with Crippen LogP contribution in [0.25, 0.3) is 0 Å². The highest BCUT2D eigenvalue weighted by atomic mass is 32.2. The van der Waals surface area contributed by atoms with Crippen molar-refractivity contribution in [2.75, 3.05) is 74.5 Å². The minimum absolute atomic E-state index is 0.000888. The highest BCUT2D eigenvalue weighted by molar-refractivity contribution is 7.86. The lowest BCUT2D eigenvalue weighted by molar-refractivity contribution is -0.894. The molecule has 0 saturated carbocycles. The number of fused-ring (bicyclic) bond motifs is 4. The van der Waals surface area contributed by atoms with Crippen molar-refractivity contribution in [2.45, 2.75) is 135 Å². The highest BCUT2D eigenvalue weighted by Crippen LogP contribution is 2.49. The van der Waals surface area contributed by atoms with E-state index in [4.69, 9.17) is 0 Å². The van der Waals surface area contributed by atoms with Gasteiger partial charge in [0, 0.05) is 83.7 Å². The van der Waals surface area contributed by atoms with Crippen LogP contribution in [0.15, 0.2) is 131 Å². The summed E-state index contributed by atoms with van der Waals surface area (Å²) in [6.45, 7) is 29.7. The Kier molecular flexibility index (Phi) is 25.0. The van der Waals surface area contributed by atoms with Gasteiger partial charge in [-0.2, -0.15) is 4.58 Å². The van der Waals surface area contributed by atoms with E-state index in [0.29, 0.717) is 54.9 Å². The molecular formula is C64H86N6O11S3. The fourth-order valence-corrected chi connectivity index (χ4v) is 12.3. The van der Waals surface area contributed by atoms with Crippen LogP contribution in [-0.4, -0.2) is 126 Å². The molecule has 3 aliphatic rings. The SMILES string of the molecule is CC1(C)C(=CC=CC=CC2=[N+](CCCS(=O)(=O)[O-])c3ccc(S(=O)(=O)[O-])cc3C2(C)C)N(CCCCCC(=O)NCCC(=O)N2Cc3ccccc3C#Cc3ccccc32)c2ccc(S(=O)(=O)[O-])cc21.CC[NH+](CC)CC.CC[NH+](CC)CC. The van der Waals surface area contributed by atoms with Crippen molar-refractivity contribution in [3.63, 3.8) is 0 Å². The number of hydrogen-bond acceptors (Lipinski definition) is 12. The van der Waals surface area contributed by atoms with E-state index in [0.717, 1.165) is 33.8 Å².